The van der Waals surface area contributed by atoms with Crippen molar-refractivity contribution in [2.45, 2.75) is 19.8 Å². The monoisotopic (exact) mass is 453 g/mol. The van der Waals surface area contributed by atoms with Gasteiger partial charge < -0.3 is 19.5 Å². The van der Waals surface area contributed by atoms with Crippen LogP contribution in [0, 0.1) is 0 Å². The molecule has 0 saturated carbocycles. The summed E-state index contributed by atoms with van der Waals surface area (Å²) in [6.07, 6.45) is 1.81. The second-order valence-corrected chi connectivity index (χ2v) is 7.87. The van der Waals surface area contributed by atoms with Crippen LogP contribution in [0.3, 0.4) is 0 Å². The van der Waals surface area contributed by atoms with Crippen molar-refractivity contribution in [3.8, 4) is 27.8 Å². The lowest BCUT2D eigenvalue weighted by molar-refractivity contribution is 0.102. The lowest BCUT2D eigenvalue weighted by Gasteiger charge is -2.14. The first-order valence-corrected chi connectivity index (χ1v) is 10.8. The van der Waals surface area contributed by atoms with Gasteiger partial charge in [0.1, 0.15) is 5.01 Å². The molecule has 0 bridgehead atoms. The maximum Gasteiger partial charge on any atom is 0.255 e. The van der Waals surface area contributed by atoms with Crippen molar-refractivity contribution >= 4 is 27.9 Å². The van der Waals surface area contributed by atoms with Crippen LogP contribution >= 0.6 is 11.3 Å². The van der Waals surface area contributed by atoms with E-state index in [2.05, 4.69) is 27.5 Å². The molecule has 0 unspecified atom stereocenters. The summed E-state index contributed by atoms with van der Waals surface area (Å²) in [4.78, 5) is 13.6. The number of aromatic nitrogens is 4. The number of carbonyl (C=O) groups excluding carboxylic acids is 1. The first kappa shape index (κ1) is 21.6. The van der Waals surface area contributed by atoms with Gasteiger partial charge >= 0.3 is 0 Å². The van der Waals surface area contributed by atoms with Gasteiger partial charge in [0.05, 0.1) is 21.3 Å². The van der Waals surface area contributed by atoms with Crippen LogP contribution in [0.1, 0.15) is 29.5 Å². The second kappa shape index (κ2) is 9.23. The number of hydrogen-bond acceptors (Lipinski definition) is 8. The molecule has 0 aliphatic rings. The number of hydrogen-bond donors (Lipinski definition) is 1. The number of rotatable bonds is 8. The van der Waals surface area contributed by atoms with Gasteiger partial charge in [-0.25, -0.2) is 0 Å². The normalized spacial score (nSPS) is 10.9. The number of nitrogens with one attached hydrogen (secondary N) is 1. The fourth-order valence-corrected chi connectivity index (χ4v) is 4.13. The molecule has 2 aromatic carbocycles. The van der Waals surface area contributed by atoms with Crippen LogP contribution in [0.5, 0.6) is 17.2 Å². The summed E-state index contributed by atoms with van der Waals surface area (Å²) >= 11 is 1.48. The van der Waals surface area contributed by atoms with E-state index in [0.717, 1.165) is 34.2 Å². The van der Waals surface area contributed by atoms with E-state index in [0.29, 0.717) is 28.5 Å². The molecular formula is C22H23N5O4S. The van der Waals surface area contributed by atoms with E-state index in [4.69, 9.17) is 14.2 Å². The molecule has 0 aliphatic heterocycles. The lowest BCUT2D eigenvalue weighted by Crippen LogP contribution is -2.12. The van der Waals surface area contributed by atoms with Crippen LogP contribution in [0.4, 0.5) is 5.69 Å². The second-order valence-electron chi connectivity index (χ2n) is 6.91. The lowest BCUT2D eigenvalue weighted by atomic mass is 10.1. The Morgan fingerprint density at radius 1 is 1.03 bits per heavy atom. The van der Waals surface area contributed by atoms with Gasteiger partial charge in [0.25, 0.3) is 5.91 Å². The Kier molecular flexibility index (Phi) is 6.22. The van der Waals surface area contributed by atoms with E-state index < -0.39 is 0 Å². The summed E-state index contributed by atoms with van der Waals surface area (Å²) in [7, 11) is 4.53. The van der Waals surface area contributed by atoms with Gasteiger partial charge in [-0.05, 0) is 42.8 Å². The predicted molar refractivity (Wildman–Crippen MR) is 122 cm³/mol. The minimum atomic E-state index is -0.292. The van der Waals surface area contributed by atoms with Gasteiger partial charge in [-0.15, -0.1) is 10.2 Å². The minimum absolute atomic E-state index is 0.292. The van der Waals surface area contributed by atoms with Crippen molar-refractivity contribution in [3.05, 3.63) is 47.8 Å². The zero-order chi connectivity index (χ0) is 22.7. The van der Waals surface area contributed by atoms with Gasteiger partial charge in [0.2, 0.25) is 10.7 Å². The zero-order valence-corrected chi connectivity index (χ0v) is 19.0. The molecule has 1 amide bonds. The van der Waals surface area contributed by atoms with Gasteiger partial charge in [0, 0.05) is 23.2 Å². The molecule has 0 fully saturated rings. The molecule has 0 atom stereocenters. The van der Waals surface area contributed by atoms with Crippen molar-refractivity contribution in [1.82, 2.24) is 19.8 Å². The number of nitrogens with zero attached hydrogens (tertiary/aromatic N) is 4. The van der Waals surface area contributed by atoms with E-state index in [1.165, 1.54) is 32.7 Å². The predicted octanol–water partition coefficient (Wildman–Crippen LogP) is 4.08. The number of carbonyl (C=O) groups is 1. The molecule has 4 aromatic rings. The fourth-order valence-electron chi connectivity index (χ4n) is 3.27. The summed E-state index contributed by atoms with van der Waals surface area (Å²) in [5.41, 5.74) is 1.98. The highest BCUT2D eigenvalue weighted by Crippen LogP contribution is 2.38. The number of methoxy groups -OCH3 is 3. The van der Waals surface area contributed by atoms with E-state index >= 15 is 0 Å². The number of anilines is 1. The Hall–Kier alpha value is -3.66. The van der Waals surface area contributed by atoms with Crippen LogP contribution in [-0.2, 0) is 6.42 Å². The molecule has 0 saturated heterocycles. The molecule has 32 heavy (non-hydrogen) atoms. The molecule has 4 rings (SSSR count). The van der Waals surface area contributed by atoms with Crippen LogP contribution in [0.2, 0.25) is 0 Å². The molecule has 9 nitrogen and oxygen atoms in total. The van der Waals surface area contributed by atoms with E-state index in [1.54, 1.807) is 16.6 Å². The van der Waals surface area contributed by atoms with Crippen molar-refractivity contribution in [3.63, 3.8) is 0 Å². The number of ether oxygens (including phenoxy) is 3. The SMILES string of the molecule is CCCc1nnc2sc(-c3ccc(NC(=O)c4cc(OC)c(OC)c(OC)c4)cc3)nn12. The number of aryl methyl sites for hydroxylation is 1. The quantitative estimate of drug-likeness (QED) is 0.429. The maximum atomic E-state index is 12.8. The van der Waals surface area contributed by atoms with Crippen LogP contribution < -0.4 is 19.5 Å². The van der Waals surface area contributed by atoms with E-state index in [1.807, 2.05) is 24.3 Å². The van der Waals surface area contributed by atoms with Crippen LogP contribution in [-0.4, -0.2) is 47.0 Å². The van der Waals surface area contributed by atoms with Crippen molar-refractivity contribution < 1.29 is 19.0 Å². The third-order valence-electron chi connectivity index (χ3n) is 4.85. The molecule has 0 radical (unpaired) electrons. The smallest absolute Gasteiger partial charge is 0.255 e. The van der Waals surface area contributed by atoms with Crippen LogP contribution in [0.25, 0.3) is 15.5 Å². The van der Waals surface area contributed by atoms with Crippen molar-refractivity contribution in [2.24, 2.45) is 0 Å². The summed E-state index contributed by atoms with van der Waals surface area (Å²) in [6, 6.07) is 10.7. The zero-order valence-electron chi connectivity index (χ0n) is 18.2. The topological polar surface area (TPSA) is 99.9 Å². The number of fused-ring (bicyclic) bond motifs is 1. The van der Waals surface area contributed by atoms with Gasteiger partial charge in [-0.1, -0.05) is 18.3 Å². The average Bonchev–Trinajstić information content (AvgIpc) is 3.40. The van der Waals surface area contributed by atoms with E-state index in [9.17, 15) is 4.79 Å². The summed E-state index contributed by atoms with van der Waals surface area (Å²) in [6.45, 7) is 2.10. The summed E-state index contributed by atoms with van der Waals surface area (Å²) in [5.74, 6) is 1.83. The molecule has 166 valence electrons. The average molecular weight is 454 g/mol. The molecule has 0 aliphatic carbocycles. The highest BCUT2D eigenvalue weighted by molar-refractivity contribution is 7.19. The largest absolute Gasteiger partial charge is 0.493 e. The first-order valence-electron chi connectivity index (χ1n) is 10.0. The fraction of sp³-hybridized carbons (Fsp3) is 0.273. The third kappa shape index (κ3) is 4.09. The standard InChI is InChI=1S/C22H23N5O4S/c1-5-6-18-24-25-22-27(18)26-21(32-22)13-7-9-15(10-8-13)23-20(28)14-11-16(29-2)19(31-4)17(12-14)30-3/h7-12H,5-6H2,1-4H3,(H,23,28). The number of amides is 1. The highest BCUT2D eigenvalue weighted by Gasteiger charge is 2.17. The van der Waals surface area contributed by atoms with Gasteiger partial charge in [-0.2, -0.15) is 9.61 Å². The van der Waals surface area contributed by atoms with Crippen molar-refractivity contribution in [1.29, 1.82) is 0 Å². The van der Waals surface area contributed by atoms with Gasteiger partial charge in [0.15, 0.2) is 17.3 Å². The Balaban J connectivity index is 1.53. The molecular weight excluding hydrogens is 430 g/mol. The Morgan fingerprint density at radius 3 is 2.31 bits per heavy atom. The summed E-state index contributed by atoms with van der Waals surface area (Å²) < 4.78 is 17.7. The van der Waals surface area contributed by atoms with E-state index in [-0.39, 0.29) is 5.91 Å². The molecule has 10 heteroatoms. The molecule has 1 N–H and O–H groups in total. The maximum absolute atomic E-state index is 12.8. The Bertz CT molecular complexity index is 1220. The van der Waals surface area contributed by atoms with Crippen molar-refractivity contribution in [2.75, 3.05) is 26.6 Å². The Morgan fingerprint density at radius 2 is 1.72 bits per heavy atom. The summed E-state index contributed by atoms with van der Waals surface area (Å²) in [5, 5.41) is 16.7. The van der Waals surface area contributed by atoms with Gasteiger partial charge in [-0.3, -0.25) is 4.79 Å². The number of benzene rings is 2. The van der Waals surface area contributed by atoms with Crippen LogP contribution in [0.15, 0.2) is 36.4 Å². The molecule has 2 aromatic heterocycles. The molecule has 0 spiro atoms. The highest BCUT2D eigenvalue weighted by atomic mass is 32.1. The minimum Gasteiger partial charge on any atom is -0.493 e. The molecule has 2 heterocycles. The Labute approximate surface area is 189 Å². The first-order chi connectivity index (χ1) is 15.6. The third-order valence-corrected chi connectivity index (χ3v) is 5.79.